The normalized spacial score (nSPS) is 16.8. The second kappa shape index (κ2) is 13.2. The summed E-state index contributed by atoms with van der Waals surface area (Å²) < 4.78 is 142. The maximum atomic E-state index is 14.3. The van der Waals surface area contributed by atoms with Crippen molar-refractivity contribution in [3.63, 3.8) is 0 Å². The first-order valence-electron chi connectivity index (χ1n) is 10.7. The molecule has 2 atom stereocenters. The summed E-state index contributed by atoms with van der Waals surface area (Å²) in [7, 11) is 0. The van der Waals surface area contributed by atoms with E-state index < -0.39 is 40.2 Å². The van der Waals surface area contributed by atoms with E-state index in [1.807, 2.05) is 0 Å². The molecule has 0 N–H and O–H groups in total. The summed E-state index contributed by atoms with van der Waals surface area (Å²) in [4.78, 5) is 0. The van der Waals surface area contributed by atoms with E-state index >= 15 is 0 Å². The highest BCUT2D eigenvalue weighted by Crippen LogP contribution is 2.59. The molecule has 194 valence electrons. The van der Waals surface area contributed by atoms with Crippen LogP contribution in [0.4, 0.5) is 48.3 Å². The lowest BCUT2D eigenvalue weighted by Gasteiger charge is -2.40. The highest BCUT2D eigenvalue weighted by molar-refractivity contribution is 14.1. The Kier molecular flexibility index (Phi) is 13.1. The average molecular weight is 606 g/mol. The molecule has 0 aliphatic carbocycles. The van der Waals surface area contributed by atoms with Crippen molar-refractivity contribution in [2.45, 2.75) is 124 Å². The quantitative estimate of drug-likeness (QED) is 0.0710. The predicted molar refractivity (Wildman–Crippen MR) is 109 cm³/mol. The van der Waals surface area contributed by atoms with Crippen molar-refractivity contribution in [2.24, 2.45) is 0 Å². The van der Waals surface area contributed by atoms with Gasteiger partial charge in [0.05, 0.1) is 0 Å². The van der Waals surface area contributed by atoms with Gasteiger partial charge >= 0.3 is 24.2 Å². The fraction of sp³-hybridized carbons (Fsp3) is 1.00. The van der Waals surface area contributed by atoms with Crippen LogP contribution in [0.1, 0.15) is 90.4 Å². The van der Waals surface area contributed by atoms with Crippen LogP contribution < -0.4 is 0 Å². The van der Waals surface area contributed by atoms with Crippen LogP contribution in [0.5, 0.6) is 0 Å². The van der Waals surface area contributed by atoms with Gasteiger partial charge in [-0.05, 0) is 6.42 Å². The van der Waals surface area contributed by atoms with E-state index in [0.29, 0.717) is 12.8 Å². The fourth-order valence-electron chi connectivity index (χ4n) is 3.29. The van der Waals surface area contributed by atoms with Crippen molar-refractivity contribution in [2.75, 3.05) is 0 Å². The molecule has 0 aliphatic heterocycles. The Bertz CT molecular complexity index is 517. The van der Waals surface area contributed by atoms with Crippen LogP contribution in [0.15, 0.2) is 0 Å². The molecule has 0 saturated carbocycles. The van der Waals surface area contributed by atoms with E-state index in [0.717, 1.165) is 38.5 Å². The molecule has 0 nitrogen and oxygen atoms in total. The number of hydrogen-bond donors (Lipinski definition) is 0. The highest BCUT2D eigenvalue weighted by Gasteiger charge is 2.86. The molecule has 0 amide bonds. The smallest absolute Gasteiger partial charge is 0.227 e. The lowest BCUT2D eigenvalue weighted by Crippen LogP contribution is -2.67. The molecule has 0 heterocycles. The molecule has 0 aliphatic rings. The van der Waals surface area contributed by atoms with Gasteiger partial charge in [0, 0.05) is 10.3 Å². The number of alkyl halides is 12. The van der Waals surface area contributed by atoms with Gasteiger partial charge in [0.25, 0.3) is 5.67 Å². The molecule has 0 rings (SSSR count). The molecule has 0 radical (unpaired) electrons. The summed E-state index contributed by atoms with van der Waals surface area (Å²) in [5.74, 6) is -14.2. The first-order chi connectivity index (χ1) is 14.5. The van der Waals surface area contributed by atoms with Crippen molar-refractivity contribution in [1.82, 2.24) is 0 Å². The van der Waals surface area contributed by atoms with Gasteiger partial charge in [0.2, 0.25) is 0 Å². The first-order valence-corrected chi connectivity index (χ1v) is 11.9. The van der Waals surface area contributed by atoms with E-state index in [-0.39, 0.29) is 12.8 Å². The van der Waals surface area contributed by atoms with Gasteiger partial charge in [-0.1, -0.05) is 100 Å². The Labute approximate surface area is 195 Å². The van der Waals surface area contributed by atoms with Crippen molar-refractivity contribution >= 4 is 22.6 Å². The summed E-state index contributed by atoms with van der Waals surface area (Å²) in [6, 6.07) is 0. The van der Waals surface area contributed by atoms with Gasteiger partial charge in [0.1, 0.15) is 0 Å². The average Bonchev–Trinajstić information content (AvgIpc) is 2.63. The van der Waals surface area contributed by atoms with Crippen molar-refractivity contribution in [3.05, 3.63) is 0 Å². The van der Waals surface area contributed by atoms with E-state index in [9.17, 15) is 48.3 Å². The molecule has 0 aromatic carbocycles. The Morgan fingerprint density at radius 1 is 0.531 bits per heavy atom. The third-order valence-electron chi connectivity index (χ3n) is 5.32. The van der Waals surface area contributed by atoms with Crippen LogP contribution in [0.2, 0.25) is 0 Å². The molecule has 0 bridgehead atoms. The molecule has 2 unspecified atom stereocenters. The molecule has 0 fully saturated rings. The van der Waals surface area contributed by atoms with E-state index in [2.05, 4.69) is 6.92 Å². The zero-order valence-corrected chi connectivity index (χ0v) is 20.0. The van der Waals surface area contributed by atoms with E-state index in [1.165, 1.54) is 35.4 Å². The van der Waals surface area contributed by atoms with Gasteiger partial charge in [-0.25, -0.2) is 4.39 Å². The first kappa shape index (κ1) is 32.0. The second-order valence-electron chi connectivity index (χ2n) is 8.07. The third-order valence-corrected chi connectivity index (χ3v) is 6.38. The van der Waals surface area contributed by atoms with Crippen molar-refractivity contribution in [1.29, 1.82) is 0 Å². The zero-order valence-electron chi connectivity index (χ0n) is 17.8. The minimum Gasteiger partial charge on any atom is -0.227 e. The molecule has 0 aromatic heterocycles. The molecular formula is C20H30F11I. The van der Waals surface area contributed by atoms with Crippen LogP contribution in [0.3, 0.4) is 0 Å². The maximum Gasteiger partial charge on any atom is 0.460 e. The number of unbranched alkanes of at least 4 members (excludes halogenated alkanes) is 10. The topological polar surface area (TPSA) is 0 Å². The van der Waals surface area contributed by atoms with Crippen LogP contribution in [0.25, 0.3) is 0 Å². The van der Waals surface area contributed by atoms with Crippen LogP contribution in [0, 0.1) is 0 Å². The summed E-state index contributed by atoms with van der Waals surface area (Å²) >= 11 is 1.19. The summed E-state index contributed by atoms with van der Waals surface area (Å²) in [6.07, 6.45) is -6.04. The fourth-order valence-corrected chi connectivity index (χ4v) is 4.33. The van der Waals surface area contributed by atoms with Crippen molar-refractivity contribution in [3.8, 4) is 0 Å². The Hall–Kier alpha value is -0.0400. The van der Waals surface area contributed by atoms with E-state index in [4.69, 9.17) is 0 Å². The molecule has 32 heavy (non-hydrogen) atoms. The molecule has 0 saturated heterocycles. The lowest BCUT2D eigenvalue weighted by atomic mass is 9.86. The van der Waals surface area contributed by atoms with Gasteiger partial charge in [-0.2, -0.15) is 43.9 Å². The zero-order chi connectivity index (χ0) is 25.3. The van der Waals surface area contributed by atoms with Crippen LogP contribution in [-0.4, -0.2) is 33.8 Å². The number of hydrogen-bond acceptors (Lipinski definition) is 0. The second-order valence-corrected chi connectivity index (χ2v) is 9.83. The monoisotopic (exact) mass is 606 g/mol. The Balaban J connectivity index is 4.69. The SMILES string of the molecule is CCCCCCCCCCCCCC(I)CC(F)(C(F)(F)F)C(F)(F)C(F)(F)C(F)(F)F. The molecule has 0 aromatic rings. The molecule has 12 heteroatoms. The highest BCUT2D eigenvalue weighted by atomic mass is 127. The van der Waals surface area contributed by atoms with Gasteiger partial charge in [-0.15, -0.1) is 0 Å². The third kappa shape index (κ3) is 8.63. The van der Waals surface area contributed by atoms with Gasteiger partial charge in [-0.3, -0.25) is 0 Å². The van der Waals surface area contributed by atoms with Gasteiger partial charge < -0.3 is 0 Å². The maximum absolute atomic E-state index is 14.3. The minimum atomic E-state index is -7.18. The van der Waals surface area contributed by atoms with Crippen molar-refractivity contribution < 1.29 is 48.3 Å². The van der Waals surface area contributed by atoms with Gasteiger partial charge in [0.15, 0.2) is 0 Å². The number of halogens is 12. The summed E-state index contributed by atoms with van der Waals surface area (Å²) in [5, 5.41) is 0. The Morgan fingerprint density at radius 3 is 1.25 bits per heavy atom. The molecule has 0 spiro atoms. The largest absolute Gasteiger partial charge is 0.460 e. The Morgan fingerprint density at radius 2 is 0.906 bits per heavy atom. The molecular weight excluding hydrogens is 576 g/mol. The van der Waals surface area contributed by atoms with E-state index in [1.54, 1.807) is 0 Å². The number of rotatable bonds is 16. The minimum absolute atomic E-state index is 0.215. The summed E-state index contributed by atoms with van der Waals surface area (Å²) in [5.41, 5.74) is -6.03. The standard InChI is InChI=1S/C20H30F11I/c1-2-3-4-5-6-7-8-9-10-11-12-13-15(32)14-16(21,19(26,27)28)17(22,23)18(24,25)20(29,30)31/h15H,2-14H2,1H3. The summed E-state index contributed by atoms with van der Waals surface area (Å²) in [6.45, 7) is 2.11. The van der Waals surface area contributed by atoms with Crippen LogP contribution >= 0.6 is 22.6 Å². The predicted octanol–water partition coefficient (Wildman–Crippen LogP) is 9.98. The lowest BCUT2D eigenvalue weighted by molar-refractivity contribution is -0.412. The van der Waals surface area contributed by atoms with Crippen LogP contribution in [-0.2, 0) is 0 Å².